The van der Waals surface area contributed by atoms with Crippen molar-refractivity contribution in [3.05, 3.63) is 22.5 Å². The van der Waals surface area contributed by atoms with Crippen LogP contribution in [0.2, 0.25) is 5.02 Å². The number of halogens is 2. The third-order valence-electron chi connectivity index (χ3n) is 1.93. The molecule has 6 heteroatoms. The lowest BCUT2D eigenvalue weighted by atomic mass is 10.1. The third-order valence-corrected chi connectivity index (χ3v) is 2.21. The molecule has 4 nitrogen and oxygen atoms in total. The van der Waals surface area contributed by atoms with E-state index in [4.69, 9.17) is 21.1 Å². The summed E-state index contributed by atoms with van der Waals surface area (Å²) < 4.78 is 23.3. The summed E-state index contributed by atoms with van der Waals surface area (Å²) in [6.45, 7) is 0.00301. The standard InChI is InChI=1S/C10H9ClFNO3/c1-15-9-6(4-13-5-14)3-7(11)8(12)10(9)16-2/h3H,4H2,1-2H3. The van der Waals surface area contributed by atoms with Gasteiger partial charge in [0.05, 0.1) is 25.8 Å². The average Bonchev–Trinajstić information content (AvgIpc) is 2.29. The number of benzene rings is 1. The molecule has 0 unspecified atom stereocenters. The van der Waals surface area contributed by atoms with Gasteiger partial charge >= 0.3 is 0 Å². The minimum Gasteiger partial charge on any atom is -0.492 e. The largest absolute Gasteiger partial charge is 0.492 e. The number of hydrogen-bond donors (Lipinski definition) is 0. The molecule has 1 aromatic carbocycles. The Kier molecular flexibility index (Phi) is 4.28. The number of nitrogens with zero attached hydrogens (tertiary/aromatic N) is 1. The summed E-state index contributed by atoms with van der Waals surface area (Å²) in [6.07, 6.45) is 1.38. The van der Waals surface area contributed by atoms with Gasteiger partial charge in [-0.2, -0.15) is 0 Å². The van der Waals surface area contributed by atoms with Crippen LogP contribution in [0.15, 0.2) is 11.1 Å². The van der Waals surface area contributed by atoms with Crippen LogP contribution in [-0.4, -0.2) is 20.3 Å². The molecule has 0 heterocycles. The second kappa shape index (κ2) is 5.49. The fraction of sp³-hybridized carbons (Fsp3) is 0.300. The third kappa shape index (κ3) is 2.32. The topological polar surface area (TPSA) is 47.9 Å². The van der Waals surface area contributed by atoms with Crippen molar-refractivity contribution in [1.82, 2.24) is 0 Å². The minimum absolute atomic E-state index is 0.00301. The molecule has 1 rings (SSSR count). The maximum atomic E-state index is 13.5. The number of aliphatic imine (C=N–C) groups is 1. The van der Waals surface area contributed by atoms with Crippen LogP contribution in [0.1, 0.15) is 5.56 Å². The summed E-state index contributed by atoms with van der Waals surface area (Å²) in [5.74, 6) is -0.644. The maximum absolute atomic E-state index is 13.5. The number of rotatable bonds is 4. The Labute approximate surface area is 96.6 Å². The van der Waals surface area contributed by atoms with Crippen molar-refractivity contribution in [3.63, 3.8) is 0 Å². The van der Waals surface area contributed by atoms with Crippen LogP contribution in [0.3, 0.4) is 0 Å². The van der Waals surface area contributed by atoms with E-state index < -0.39 is 5.82 Å². The SMILES string of the molecule is COc1c(CN=C=O)cc(Cl)c(F)c1OC. The zero-order valence-electron chi connectivity index (χ0n) is 8.71. The van der Waals surface area contributed by atoms with Crippen LogP contribution in [0, 0.1) is 5.82 Å². The lowest BCUT2D eigenvalue weighted by Gasteiger charge is -2.12. The Bertz CT molecular complexity index is 444. The van der Waals surface area contributed by atoms with Gasteiger partial charge < -0.3 is 9.47 Å². The van der Waals surface area contributed by atoms with Crippen molar-refractivity contribution in [2.45, 2.75) is 6.54 Å². The zero-order valence-corrected chi connectivity index (χ0v) is 9.47. The van der Waals surface area contributed by atoms with Crippen molar-refractivity contribution in [3.8, 4) is 11.5 Å². The Hall–Kier alpha value is -1.58. The number of ether oxygens (including phenoxy) is 2. The molecule has 0 aromatic heterocycles. The summed E-state index contributed by atoms with van der Waals surface area (Å²) in [4.78, 5) is 13.4. The van der Waals surface area contributed by atoms with E-state index in [1.807, 2.05) is 0 Å². The quantitative estimate of drug-likeness (QED) is 0.604. The molecule has 0 bridgehead atoms. The number of methoxy groups -OCH3 is 2. The van der Waals surface area contributed by atoms with E-state index in [1.165, 1.54) is 26.4 Å². The predicted octanol–water partition coefficient (Wildman–Crippen LogP) is 2.33. The number of hydrogen-bond acceptors (Lipinski definition) is 4. The van der Waals surface area contributed by atoms with Crippen LogP contribution >= 0.6 is 11.6 Å². The molecule has 86 valence electrons. The molecule has 0 fully saturated rings. The smallest absolute Gasteiger partial charge is 0.235 e. The predicted molar refractivity (Wildman–Crippen MR) is 56.3 cm³/mol. The van der Waals surface area contributed by atoms with E-state index >= 15 is 0 Å². The Balaban J connectivity index is 3.36. The molecule has 0 spiro atoms. The van der Waals surface area contributed by atoms with Crippen molar-refractivity contribution in [1.29, 1.82) is 0 Å². The van der Waals surface area contributed by atoms with Gasteiger partial charge in [0.2, 0.25) is 6.08 Å². The molecule has 1 aromatic rings. The summed E-state index contributed by atoms with van der Waals surface area (Å²) in [5.41, 5.74) is 0.453. The van der Waals surface area contributed by atoms with Gasteiger partial charge in [-0.25, -0.2) is 14.2 Å². The van der Waals surface area contributed by atoms with Gasteiger partial charge in [-0.1, -0.05) is 11.6 Å². The van der Waals surface area contributed by atoms with E-state index in [2.05, 4.69) is 4.99 Å². The lowest BCUT2D eigenvalue weighted by Crippen LogP contribution is -1.99. The lowest BCUT2D eigenvalue weighted by molar-refractivity contribution is 0.335. The minimum atomic E-state index is -0.708. The molecular weight excluding hydrogens is 237 g/mol. The van der Waals surface area contributed by atoms with Gasteiger partial charge in [-0.3, -0.25) is 0 Å². The summed E-state index contributed by atoms with van der Waals surface area (Å²) in [5, 5.41) is -0.117. The zero-order chi connectivity index (χ0) is 12.1. The first-order chi connectivity index (χ1) is 7.65. The Morgan fingerprint density at radius 2 is 2.06 bits per heavy atom. The van der Waals surface area contributed by atoms with Crippen LogP contribution < -0.4 is 9.47 Å². The molecule has 0 radical (unpaired) electrons. The highest BCUT2D eigenvalue weighted by atomic mass is 35.5. The molecule has 0 saturated carbocycles. The van der Waals surface area contributed by atoms with E-state index in [1.54, 1.807) is 0 Å². The normalized spacial score (nSPS) is 9.50. The van der Waals surface area contributed by atoms with Crippen LogP contribution in [-0.2, 0) is 11.3 Å². The fourth-order valence-corrected chi connectivity index (χ4v) is 1.49. The summed E-state index contributed by atoms with van der Waals surface area (Å²) >= 11 is 5.65. The van der Waals surface area contributed by atoms with Crippen LogP contribution in [0.4, 0.5) is 4.39 Å². The van der Waals surface area contributed by atoms with Gasteiger partial charge in [-0.05, 0) is 6.07 Å². The highest BCUT2D eigenvalue weighted by Crippen LogP contribution is 2.38. The molecule has 0 aliphatic rings. The summed E-state index contributed by atoms with van der Waals surface area (Å²) in [7, 11) is 2.66. The molecule has 0 aliphatic carbocycles. The number of isocyanates is 1. The Morgan fingerprint density at radius 3 is 2.56 bits per heavy atom. The average molecular weight is 246 g/mol. The fourth-order valence-electron chi connectivity index (χ4n) is 1.28. The monoisotopic (exact) mass is 245 g/mol. The van der Waals surface area contributed by atoms with Gasteiger partial charge in [0, 0.05) is 5.56 Å². The van der Waals surface area contributed by atoms with E-state index in [-0.39, 0.29) is 23.1 Å². The molecule has 0 N–H and O–H groups in total. The van der Waals surface area contributed by atoms with Gasteiger partial charge in [-0.15, -0.1) is 0 Å². The first kappa shape index (κ1) is 12.5. The van der Waals surface area contributed by atoms with E-state index in [0.717, 1.165) is 0 Å². The Morgan fingerprint density at radius 1 is 1.44 bits per heavy atom. The number of carbonyl (C=O) groups excluding carboxylic acids is 1. The first-order valence-electron chi connectivity index (χ1n) is 4.28. The first-order valence-corrected chi connectivity index (χ1v) is 4.66. The van der Waals surface area contributed by atoms with Crippen molar-refractivity contribution in [2.75, 3.05) is 14.2 Å². The van der Waals surface area contributed by atoms with Crippen molar-refractivity contribution in [2.24, 2.45) is 4.99 Å². The van der Waals surface area contributed by atoms with Crippen molar-refractivity contribution >= 4 is 17.7 Å². The molecule has 16 heavy (non-hydrogen) atoms. The van der Waals surface area contributed by atoms with Crippen LogP contribution in [0.25, 0.3) is 0 Å². The molecule has 0 saturated heterocycles. The second-order valence-electron chi connectivity index (χ2n) is 2.81. The van der Waals surface area contributed by atoms with E-state index in [0.29, 0.717) is 5.56 Å². The molecule has 0 atom stereocenters. The van der Waals surface area contributed by atoms with Gasteiger partial charge in [0.25, 0.3) is 0 Å². The molecule has 0 amide bonds. The van der Waals surface area contributed by atoms with Crippen LogP contribution in [0.5, 0.6) is 11.5 Å². The summed E-state index contributed by atoms with van der Waals surface area (Å²) in [6, 6.07) is 1.33. The van der Waals surface area contributed by atoms with E-state index in [9.17, 15) is 9.18 Å². The molecule has 0 aliphatic heterocycles. The van der Waals surface area contributed by atoms with Crippen molar-refractivity contribution < 1.29 is 18.7 Å². The molecular formula is C10H9ClFNO3. The van der Waals surface area contributed by atoms with Gasteiger partial charge in [0.15, 0.2) is 17.3 Å². The highest BCUT2D eigenvalue weighted by Gasteiger charge is 2.18. The van der Waals surface area contributed by atoms with Gasteiger partial charge in [0.1, 0.15) is 0 Å². The maximum Gasteiger partial charge on any atom is 0.235 e. The highest BCUT2D eigenvalue weighted by molar-refractivity contribution is 6.31. The second-order valence-corrected chi connectivity index (χ2v) is 3.21.